The Hall–Kier alpha value is -1.64. The van der Waals surface area contributed by atoms with Crippen molar-refractivity contribution in [2.75, 3.05) is 25.9 Å². The van der Waals surface area contributed by atoms with E-state index in [2.05, 4.69) is 4.74 Å². The third-order valence-electron chi connectivity index (χ3n) is 3.39. The Morgan fingerprint density at radius 2 is 2.19 bits per heavy atom. The molecule has 2 rings (SSSR count). The first-order valence-electron chi connectivity index (χ1n) is 6.52. The van der Waals surface area contributed by atoms with E-state index in [1.165, 1.54) is 29.6 Å². The highest BCUT2D eigenvalue weighted by molar-refractivity contribution is 7.89. The summed E-state index contributed by atoms with van der Waals surface area (Å²) in [5, 5.41) is 9.65. The van der Waals surface area contributed by atoms with Gasteiger partial charge in [-0.2, -0.15) is 4.31 Å². The Balaban J connectivity index is 2.48. The minimum Gasteiger partial charge on any atom is -0.465 e. The number of nitrogens with two attached hydrogens (primary N) is 1. The Morgan fingerprint density at radius 1 is 1.48 bits per heavy atom. The van der Waals surface area contributed by atoms with Gasteiger partial charge in [0.05, 0.1) is 23.7 Å². The molecule has 1 heterocycles. The second-order valence-corrected chi connectivity index (χ2v) is 6.81. The lowest BCUT2D eigenvalue weighted by Crippen LogP contribution is -2.42. The first kappa shape index (κ1) is 15.7. The van der Waals surface area contributed by atoms with E-state index in [0.717, 1.165) is 0 Å². The van der Waals surface area contributed by atoms with Gasteiger partial charge < -0.3 is 15.6 Å². The number of nitrogens with zero attached hydrogens (tertiary/aromatic N) is 1. The molecule has 1 aliphatic rings. The third-order valence-corrected chi connectivity index (χ3v) is 5.29. The lowest BCUT2D eigenvalue weighted by molar-refractivity contribution is 0.0596. The second kappa shape index (κ2) is 6.00. The van der Waals surface area contributed by atoms with E-state index in [9.17, 15) is 18.3 Å². The van der Waals surface area contributed by atoms with Crippen LogP contribution in [0.15, 0.2) is 23.1 Å². The van der Waals surface area contributed by atoms with Crippen molar-refractivity contribution >= 4 is 21.7 Å². The van der Waals surface area contributed by atoms with Gasteiger partial charge in [0.2, 0.25) is 10.0 Å². The number of aliphatic hydroxyl groups is 1. The van der Waals surface area contributed by atoms with Crippen molar-refractivity contribution in [3.05, 3.63) is 23.8 Å². The van der Waals surface area contributed by atoms with Crippen molar-refractivity contribution < 1.29 is 23.1 Å². The summed E-state index contributed by atoms with van der Waals surface area (Å²) < 4.78 is 31.1. The molecule has 1 unspecified atom stereocenters. The molecule has 21 heavy (non-hydrogen) atoms. The number of aliphatic hydroxyl groups excluding tert-OH is 1. The molecule has 116 valence electrons. The summed E-state index contributed by atoms with van der Waals surface area (Å²) in [6.45, 7) is 0.312. The molecule has 0 aliphatic carbocycles. The van der Waals surface area contributed by atoms with E-state index in [1.54, 1.807) is 0 Å². The Morgan fingerprint density at radius 3 is 2.81 bits per heavy atom. The predicted molar refractivity (Wildman–Crippen MR) is 76.2 cm³/mol. The molecule has 0 amide bonds. The van der Waals surface area contributed by atoms with Crippen LogP contribution in [0.25, 0.3) is 0 Å². The molecular weight excluding hydrogens is 296 g/mol. The van der Waals surface area contributed by atoms with E-state index < -0.39 is 22.1 Å². The molecule has 1 fully saturated rings. The second-order valence-electron chi connectivity index (χ2n) is 4.91. The molecule has 8 heteroatoms. The molecule has 7 nitrogen and oxygen atoms in total. The molecule has 0 saturated carbocycles. The van der Waals surface area contributed by atoms with Gasteiger partial charge in [0.15, 0.2) is 0 Å². The number of rotatable bonds is 3. The average molecular weight is 314 g/mol. The number of carbonyl (C=O) groups excluding carboxylic acids is 1. The first-order valence-corrected chi connectivity index (χ1v) is 7.96. The van der Waals surface area contributed by atoms with Crippen LogP contribution < -0.4 is 5.73 Å². The third kappa shape index (κ3) is 3.17. The largest absolute Gasteiger partial charge is 0.465 e. The molecular formula is C13H18N2O5S. The van der Waals surface area contributed by atoms with E-state index in [4.69, 9.17) is 5.73 Å². The smallest absolute Gasteiger partial charge is 0.339 e. The highest BCUT2D eigenvalue weighted by Crippen LogP contribution is 2.26. The maximum absolute atomic E-state index is 12.7. The predicted octanol–water partition coefficient (Wildman–Crippen LogP) is 0.201. The molecule has 3 N–H and O–H groups in total. The van der Waals surface area contributed by atoms with Crippen LogP contribution in [0.3, 0.4) is 0 Å². The van der Waals surface area contributed by atoms with Crippen LogP contribution in [-0.4, -0.2) is 50.1 Å². The van der Waals surface area contributed by atoms with Crippen molar-refractivity contribution in [3.63, 3.8) is 0 Å². The van der Waals surface area contributed by atoms with Gasteiger partial charge in [0.25, 0.3) is 0 Å². The standard InChI is InChI=1S/C13H18N2O5S/c1-20-13(17)11-5-4-9(14)7-12(11)21(18,19)15-6-2-3-10(16)8-15/h4-5,7,10,16H,2-3,6,8,14H2,1H3. The summed E-state index contributed by atoms with van der Waals surface area (Å²) in [5.74, 6) is -0.744. The average Bonchev–Trinajstić information content (AvgIpc) is 2.46. The zero-order valence-electron chi connectivity index (χ0n) is 11.7. The summed E-state index contributed by atoms with van der Waals surface area (Å²) in [6, 6.07) is 4.01. The number of methoxy groups -OCH3 is 1. The summed E-state index contributed by atoms with van der Waals surface area (Å²) in [5.41, 5.74) is 5.81. The monoisotopic (exact) mass is 314 g/mol. The number of hydrogen-bond acceptors (Lipinski definition) is 6. The lowest BCUT2D eigenvalue weighted by atomic mass is 10.1. The molecule has 1 aromatic rings. The van der Waals surface area contributed by atoms with Crippen molar-refractivity contribution in [1.29, 1.82) is 0 Å². The number of sulfonamides is 1. The lowest BCUT2D eigenvalue weighted by Gasteiger charge is -2.29. The molecule has 1 aromatic carbocycles. The molecule has 0 aromatic heterocycles. The number of piperidine rings is 1. The normalized spacial score (nSPS) is 20.2. The summed E-state index contributed by atoms with van der Waals surface area (Å²) >= 11 is 0. The number of anilines is 1. The topological polar surface area (TPSA) is 110 Å². The number of β-amino-alcohol motifs (C(OH)–C–C–N with tert-alkyl or cyclic N) is 1. The van der Waals surface area contributed by atoms with Crippen molar-refractivity contribution in [1.82, 2.24) is 4.31 Å². The highest BCUT2D eigenvalue weighted by Gasteiger charge is 2.32. The number of nitrogen functional groups attached to an aromatic ring is 1. The van der Waals surface area contributed by atoms with Gasteiger partial charge >= 0.3 is 5.97 Å². The molecule has 1 atom stereocenters. The van der Waals surface area contributed by atoms with Crippen molar-refractivity contribution in [2.45, 2.75) is 23.8 Å². The fraction of sp³-hybridized carbons (Fsp3) is 0.462. The van der Waals surface area contributed by atoms with Crippen LogP contribution in [0.4, 0.5) is 5.69 Å². The van der Waals surface area contributed by atoms with Crippen molar-refractivity contribution in [3.8, 4) is 0 Å². The minimum atomic E-state index is -3.91. The Labute approximate surface area is 123 Å². The van der Waals surface area contributed by atoms with Gasteiger partial charge in [-0.3, -0.25) is 0 Å². The van der Waals surface area contributed by atoms with Crippen LogP contribution in [0.2, 0.25) is 0 Å². The van der Waals surface area contributed by atoms with E-state index >= 15 is 0 Å². The van der Waals surface area contributed by atoms with Crippen LogP contribution in [0.1, 0.15) is 23.2 Å². The fourth-order valence-corrected chi connectivity index (χ4v) is 4.04. The molecule has 0 radical (unpaired) electrons. The van der Waals surface area contributed by atoms with Gasteiger partial charge in [-0.15, -0.1) is 0 Å². The summed E-state index contributed by atoms with van der Waals surface area (Å²) in [7, 11) is -2.73. The number of ether oxygens (including phenoxy) is 1. The Bertz CT molecular complexity index is 644. The maximum atomic E-state index is 12.7. The quantitative estimate of drug-likeness (QED) is 0.609. The van der Waals surface area contributed by atoms with Crippen LogP contribution in [0, 0.1) is 0 Å². The van der Waals surface area contributed by atoms with E-state index in [0.29, 0.717) is 19.4 Å². The first-order chi connectivity index (χ1) is 9.86. The molecule has 1 aliphatic heterocycles. The number of esters is 1. The minimum absolute atomic E-state index is 0.0117. The van der Waals surface area contributed by atoms with Crippen molar-refractivity contribution in [2.24, 2.45) is 0 Å². The van der Waals surface area contributed by atoms with Gasteiger partial charge in [0, 0.05) is 18.8 Å². The Kier molecular flexibility index (Phi) is 4.50. The van der Waals surface area contributed by atoms with Gasteiger partial charge in [-0.1, -0.05) is 0 Å². The van der Waals surface area contributed by atoms with Gasteiger partial charge in [-0.25, -0.2) is 13.2 Å². The van der Waals surface area contributed by atoms with Gasteiger partial charge in [0.1, 0.15) is 0 Å². The molecule has 1 saturated heterocycles. The summed E-state index contributed by atoms with van der Waals surface area (Å²) in [6.07, 6.45) is 0.430. The van der Waals surface area contributed by atoms with Crippen LogP contribution in [0.5, 0.6) is 0 Å². The summed E-state index contributed by atoms with van der Waals surface area (Å²) in [4.78, 5) is 11.6. The maximum Gasteiger partial charge on any atom is 0.339 e. The zero-order valence-corrected chi connectivity index (χ0v) is 12.5. The highest BCUT2D eigenvalue weighted by atomic mass is 32.2. The number of hydrogen-bond donors (Lipinski definition) is 2. The van der Waals surface area contributed by atoms with E-state index in [1.807, 2.05) is 0 Å². The fourth-order valence-electron chi connectivity index (χ4n) is 2.31. The number of benzene rings is 1. The molecule has 0 bridgehead atoms. The van der Waals surface area contributed by atoms with Crippen LogP contribution in [-0.2, 0) is 14.8 Å². The SMILES string of the molecule is COC(=O)c1ccc(N)cc1S(=O)(=O)N1CCCC(O)C1. The number of carbonyl (C=O) groups is 1. The van der Waals surface area contributed by atoms with E-state index in [-0.39, 0.29) is 22.7 Å². The molecule has 0 spiro atoms. The zero-order chi connectivity index (χ0) is 15.6. The van der Waals surface area contributed by atoms with Gasteiger partial charge in [-0.05, 0) is 31.0 Å². The van der Waals surface area contributed by atoms with Crippen LogP contribution >= 0.6 is 0 Å².